The van der Waals surface area contributed by atoms with Gasteiger partial charge >= 0.3 is 5.69 Å². The lowest BCUT2D eigenvalue weighted by Crippen LogP contribution is -2.49. The minimum atomic E-state index is -0.546. The van der Waals surface area contributed by atoms with E-state index in [0.717, 1.165) is 5.56 Å². The number of benzene rings is 1. The van der Waals surface area contributed by atoms with Gasteiger partial charge in [0, 0.05) is 32.2 Å². The van der Waals surface area contributed by atoms with Crippen molar-refractivity contribution < 1.29 is 14.5 Å². The molecule has 0 spiro atoms. The summed E-state index contributed by atoms with van der Waals surface area (Å²) in [5.74, 6) is 0.270. The van der Waals surface area contributed by atoms with Crippen molar-refractivity contribution in [2.24, 2.45) is 7.05 Å². The van der Waals surface area contributed by atoms with Crippen LogP contribution in [-0.4, -0.2) is 52.3 Å². The molecule has 1 fully saturated rings. The van der Waals surface area contributed by atoms with E-state index in [9.17, 15) is 14.9 Å². The summed E-state index contributed by atoms with van der Waals surface area (Å²) in [7, 11) is 3.13. The van der Waals surface area contributed by atoms with Crippen molar-refractivity contribution in [3.05, 3.63) is 51.3 Å². The number of methoxy groups -OCH3 is 1. The largest absolute Gasteiger partial charge is 0.496 e. The lowest BCUT2D eigenvalue weighted by Gasteiger charge is -2.36. The number of piperazine rings is 1. The van der Waals surface area contributed by atoms with E-state index >= 15 is 0 Å². The lowest BCUT2D eigenvalue weighted by atomic mass is 10.0. The molecule has 26 heavy (non-hydrogen) atoms. The van der Waals surface area contributed by atoms with Crippen LogP contribution in [0.2, 0.25) is 0 Å². The molecule has 0 bridgehead atoms. The van der Waals surface area contributed by atoms with Gasteiger partial charge in [-0.1, -0.05) is 18.2 Å². The molecular formula is C17H21N5O4. The van der Waals surface area contributed by atoms with E-state index in [1.807, 2.05) is 24.3 Å². The Bertz CT molecular complexity index is 848. The Balaban J connectivity index is 2.04. The fourth-order valence-corrected chi connectivity index (χ4v) is 3.41. The van der Waals surface area contributed by atoms with E-state index in [0.29, 0.717) is 25.4 Å². The average molecular weight is 359 g/mol. The number of rotatable bonds is 4. The Morgan fingerprint density at radius 2 is 2.15 bits per heavy atom. The number of nitrogens with zero attached hydrogens (tertiary/aromatic N) is 4. The number of ether oxygens (including phenoxy) is 1. The maximum atomic E-state index is 13.2. The van der Waals surface area contributed by atoms with Gasteiger partial charge in [-0.3, -0.25) is 19.6 Å². The number of hydrogen-bond acceptors (Lipinski definition) is 6. The highest BCUT2D eigenvalue weighted by Crippen LogP contribution is 2.33. The Morgan fingerprint density at radius 1 is 1.42 bits per heavy atom. The average Bonchev–Trinajstić information content (AvgIpc) is 2.95. The van der Waals surface area contributed by atoms with Crippen molar-refractivity contribution in [2.45, 2.75) is 13.0 Å². The maximum absolute atomic E-state index is 13.2. The number of amides is 1. The van der Waals surface area contributed by atoms with E-state index in [4.69, 9.17) is 4.74 Å². The van der Waals surface area contributed by atoms with Crippen LogP contribution in [0, 0.1) is 17.0 Å². The summed E-state index contributed by atoms with van der Waals surface area (Å²) in [6.45, 7) is 3.12. The fraction of sp³-hybridized carbons (Fsp3) is 0.412. The number of aryl methyl sites for hydroxylation is 2. The number of para-hydroxylation sites is 1. The number of carbonyl (C=O) groups is 1. The van der Waals surface area contributed by atoms with E-state index in [2.05, 4.69) is 10.4 Å². The van der Waals surface area contributed by atoms with Crippen LogP contribution in [0.25, 0.3) is 0 Å². The zero-order valence-corrected chi connectivity index (χ0v) is 14.9. The summed E-state index contributed by atoms with van der Waals surface area (Å²) in [5.41, 5.74) is 0.839. The summed E-state index contributed by atoms with van der Waals surface area (Å²) in [6.07, 6.45) is 0. The van der Waals surface area contributed by atoms with Gasteiger partial charge in [0.2, 0.25) is 5.69 Å². The summed E-state index contributed by atoms with van der Waals surface area (Å²) < 4.78 is 6.72. The minimum absolute atomic E-state index is 0.00528. The third kappa shape index (κ3) is 3.01. The van der Waals surface area contributed by atoms with Crippen molar-refractivity contribution in [1.29, 1.82) is 0 Å². The van der Waals surface area contributed by atoms with Gasteiger partial charge in [-0.15, -0.1) is 0 Å². The van der Waals surface area contributed by atoms with E-state index < -0.39 is 10.8 Å². The second kappa shape index (κ2) is 7.12. The third-order valence-electron chi connectivity index (χ3n) is 4.58. The smallest absolute Gasteiger partial charge is 0.322 e. The first-order valence-electron chi connectivity index (χ1n) is 8.28. The standard InChI is InChI=1S/C17H21N5O4/c1-11-15(22(24)25)16(20(2)19-11)17(23)21-9-8-18-10-13(21)12-6-4-5-7-14(12)26-3/h4-7,13,18H,8-10H2,1-3H3. The Hall–Kier alpha value is -2.94. The van der Waals surface area contributed by atoms with Gasteiger partial charge in [0.1, 0.15) is 11.4 Å². The van der Waals surface area contributed by atoms with Crippen LogP contribution in [-0.2, 0) is 7.05 Å². The quantitative estimate of drug-likeness (QED) is 0.654. The van der Waals surface area contributed by atoms with Crippen LogP contribution in [0.1, 0.15) is 27.8 Å². The molecule has 1 aliphatic rings. The van der Waals surface area contributed by atoms with Crippen molar-refractivity contribution >= 4 is 11.6 Å². The van der Waals surface area contributed by atoms with Gasteiger partial charge in [0.25, 0.3) is 5.91 Å². The zero-order valence-electron chi connectivity index (χ0n) is 14.9. The monoisotopic (exact) mass is 359 g/mol. The number of carbonyl (C=O) groups excluding carboxylic acids is 1. The molecule has 1 saturated heterocycles. The van der Waals surface area contributed by atoms with Crippen molar-refractivity contribution in [1.82, 2.24) is 20.0 Å². The first kappa shape index (κ1) is 17.9. The zero-order chi connectivity index (χ0) is 18.8. The molecule has 9 nitrogen and oxygen atoms in total. The van der Waals surface area contributed by atoms with Gasteiger partial charge in [-0.05, 0) is 13.0 Å². The first-order chi connectivity index (χ1) is 12.5. The predicted molar refractivity (Wildman–Crippen MR) is 94.2 cm³/mol. The van der Waals surface area contributed by atoms with E-state index in [1.54, 1.807) is 19.1 Å². The molecule has 3 rings (SSSR count). The Labute approximate surface area is 150 Å². The summed E-state index contributed by atoms with van der Waals surface area (Å²) in [5, 5.41) is 18.8. The number of aromatic nitrogens is 2. The van der Waals surface area contributed by atoms with Crippen LogP contribution in [0.5, 0.6) is 5.75 Å². The van der Waals surface area contributed by atoms with Crippen LogP contribution < -0.4 is 10.1 Å². The number of nitro groups is 1. The van der Waals surface area contributed by atoms with Crippen molar-refractivity contribution in [2.75, 3.05) is 26.7 Å². The number of nitrogens with one attached hydrogen (secondary N) is 1. The molecule has 0 aliphatic carbocycles. The van der Waals surface area contributed by atoms with Gasteiger partial charge in [-0.25, -0.2) is 0 Å². The second-order valence-corrected chi connectivity index (χ2v) is 6.12. The third-order valence-corrected chi connectivity index (χ3v) is 4.58. The van der Waals surface area contributed by atoms with E-state index in [1.165, 1.54) is 11.6 Å². The topological polar surface area (TPSA) is 103 Å². The highest BCUT2D eigenvalue weighted by Gasteiger charge is 2.37. The summed E-state index contributed by atoms with van der Waals surface area (Å²) in [6, 6.07) is 7.19. The van der Waals surface area contributed by atoms with Crippen LogP contribution in [0.15, 0.2) is 24.3 Å². The second-order valence-electron chi connectivity index (χ2n) is 6.12. The molecule has 1 aromatic heterocycles. The molecule has 9 heteroatoms. The molecule has 0 saturated carbocycles. The highest BCUT2D eigenvalue weighted by molar-refractivity contribution is 5.97. The van der Waals surface area contributed by atoms with Gasteiger partial charge in [-0.2, -0.15) is 5.10 Å². The van der Waals surface area contributed by atoms with Crippen molar-refractivity contribution in [3.8, 4) is 5.75 Å². The van der Waals surface area contributed by atoms with Crippen LogP contribution >= 0.6 is 0 Å². The fourth-order valence-electron chi connectivity index (χ4n) is 3.41. The lowest BCUT2D eigenvalue weighted by molar-refractivity contribution is -0.385. The molecule has 1 aromatic carbocycles. The molecule has 2 heterocycles. The Kier molecular flexibility index (Phi) is 4.90. The van der Waals surface area contributed by atoms with Gasteiger partial charge in [0.15, 0.2) is 0 Å². The Morgan fingerprint density at radius 3 is 2.85 bits per heavy atom. The molecule has 1 aliphatic heterocycles. The minimum Gasteiger partial charge on any atom is -0.496 e. The molecule has 2 aromatic rings. The van der Waals surface area contributed by atoms with E-state index in [-0.39, 0.29) is 23.1 Å². The molecule has 1 N–H and O–H groups in total. The normalized spacial score (nSPS) is 17.2. The van der Waals surface area contributed by atoms with Crippen LogP contribution in [0.3, 0.4) is 0 Å². The maximum Gasteiger partial charge on any atom is 0.322 e. The molecular weight excluding hydrogens is 338 g/mol. The van der Waals surface area contributed by atoms with Gasteiger partial charge in [0.05, 0.1) is 18.1 Å². The molecule has 1 amide bonds. The molecule has 1 atom stereocenters. The predicted octanol–water partition coefficient (Wildman–Crippen LogP) is 1.43. The molecule has 0 radical (unpaired) electrons. The van der Waals surface area contributed by atoms with Crippen molar-refractivity contribution in [3.63, 3.8) is 0 Å². The summed E-state index contributed by atoms with van der Waals surface area (Å²) in [4.78, 5) is 25.8. The molecule has 138 valence electrons. The SMILES string of the molecule is COc1ccccc1C1CNCCN1C(=O)c1c([N+](=O)[O-])c(C)nn1C. The number of hydrogen-bond donors (Lipinski definition) is 1. The summed E-state index contributed by atoms with van der Waals surface area (Å²) >= 11 is 0. The highest BCUT2D eigenvalue weighted by atomic mass is 16.6. The van der Waals surface area contributed by atoms with Gasteiger partial charge < -0.3 is 15.0 Å². The first-order valence-corrected chi connectivity index (χ1v) is 8.28. The van der Waals surface area contributed by atoms with Crippen LogP contribution in [0.4, 0.5) is 5.69 Å². The molecule has 1 unspecified atom stereocenters.